The third-order valence-electron chi connectivity index (χ3n) is 4.95. The van der Waals surface area contributed by atoms with Crippen molar-refractivity contribution in [1.29, 1.82) is 0 Å². The van der Waals surface area contributed by atoms with Gasteiger partial charge in [0.2, 0.25) is 0 Å². The van der Waals surface area contributed by atoms with Gasteiger partial charge in [0.15, 0.2) is 5.76 Å². The maximum absolute atomic E-state index is 14.1. The fraction of sp³-hybridized carbons (Fsp3) is 0.550. The molecular formula is C20H28N2O2. The summed E-state index contributed by atoms with van der Waals surface area (Å²) in [6.07, 6.45) is 5.43. The lowest BCUT2D eigenvalue weighted by atomic mass is 9.71. The molecule has 0 spiro atoms. The fourth-order valence-electron chi connectivity index (χ4n) is 3.82. The first kappa shape index (κ1) is 17.2. The molecular weight excluding hydrogens is 300 g/mol. The van der Waals surface area contributed by atoms with Crippen LogP contribution in [0.5, 0.6) is 0 Å². The third-order valence-corrected chi connectivity index (χ3v) is 4.95. The highest BCUT2D eigenvalue weighted by atomic mass is 16.5. The first-order chi connectivity index (χ1) is 11.4. The molecule has 1 aromatic carbocycles. The molecule has 1 saturated carbocycles. The zero-order valence-corrected chi connectivity index (χ0v) is 15.0. The predicted molar refractivity (Wildman–Crippen MR) is 92.0 cm³/mol. The largest absolute Gasteiger partial charge is 0.841 e. The van der Waals surface area contributed by atoms with E-state index in [1.807, 2.05) is 36.4 Å². The van der Waals surface area contributed by atoms with Crippen LogP contribution < -0.4 is 5.11 Å². The summed E-state index contributed by atoms with van der Waals surface area (Å²) in [7, 11) is 6.31. The van der Waals surface area contributed by atoms with Crippen LogP contribution in [0.2, 0.25) is 0 Å². The van der Waals surface area contributed by atoms with Crippen LogP contribution in [0.15, 0.2) is 40.9 Å². The molecule has 1 aliphatic rings. The molecule has 1 aliphatic carbocycles. The van der Waals surface area contributed by atoms with Crippen LogP contribution in [0.4, 0.5) is 0 Å². The quantitative estimate of drug-likeness (QED) is 0.793. The number of aromatic nitrogens is 1. The van der Waals surface area contributed by atoms with Crippen molar-refractivity contribution >= 4 is 0 Å². The van der Waals surface area contributed by atoms with Crippen molar-refractivity contribution < 1.29 is 14.1 Å². The minimum Gasteiger partial charge on any atom is -0.841 e. The maximum atomic E-state index is 14.1. The van der Waals surface area contributed by atoms with Gasteiger partial charge in [-0.05, 0) is 11.5 Å². The van der Waals surface area contributed by atoms with Gasteiger partial charge in [-0.1, -0.05) is 73.2 Å². The molecule has 0 amide bonds. The summed E-state index contributed by atoms with van der Waals surface area (Å²) in [5, 5.41) is 18.3. The highest BCUT2D eigenvalue weighted by Gasteiger charge is 2.35. The molecule has 130 valence electrons. The SMILES string of the molecule is C[N+](C)(C)Cc1cc(C([O-])(c2ccccc2)C2CCCCC2)no1. The second kappa shape index (κ2) is 6.69. The van der Waals surface area contributed by atoms with E-state index in [1.54, 1.807) is 0 Å². The standard InChI is InChI=1S/C20H28N2O2/c1-22(2,3)15-18-14-19(21-24-18)20(23,16-10-6-4-7-11-16)17-12-8-5-9-13-17/h4,6-7,10-11,14,17H,5,8-9,12-13,15H2,1-3H3. The second-order valence-electron chi connectivity index (χ2n) is 8.06. The lowest BCUT2D eigenvalue weighted by molar-refractivity contribution is -0.885. The Hall–Kier alpha value is -1.65. The molecule has 0 radical (unpaired) electrons. The molecule has 1 heterocycles. The number of rotatable bonds is 5. The van der Waals surface area contributed by atoms with E-state index in [1.165, 1.54) is 6.42 Å². The van der Waals surface area contributed by atoms with Crippen molar-refractivity contribution in [3.8, 4) is 0 Å². The number of hydrogen-bond donors (Lipinski definition) is 0. The van der Waals surface area contributed by atoms with Gasteiger partial charge < -0.3 is 14.1 Å². The summed E-state index contributed by atoms with van der Waals surface area (Å²) < 4.78 is 6.28. The van der Waals surface area contributed by atoms with Crippen molar-refractivity contribution in [2.75, 3.05) is 21.1 Å². The summed E-state index contributed by atoms with van der Waals surface area (Å²) >= 11 is 0. The van der Waals surface area contributed by atoms with Crippen molar-refractivity contribution in [3.05, 3.63) is 53.4 Å². The number of hydrogen-bond acceptors (Lipinski definition) is 3. The molecule has 4 heteroatoms. The maximum Gasteiger partial charge on any atom is 0.191 e. The van der Waals surface area contributed by atoms with E-state index in [2.05, 4.69) is 26.3 Å². The average Bonchev–Trinajstić information content (AvgIpc) is 3.02. The molecule has 2 aromatic rings. The summed E-state index contributed by atoms with van der Waals surface area (Å²) in [4.78, 5) is 0. The molecule has 24 heavy (non-hydrogen) atoms. The number of nitrogens with zero attached hydrogens (tertiary/aromatic N) is 2. The van der Waals surface area contributed by atoms with Crippen molar-refractivity contribution in [2.24, 2.45) is 5.92 Å². The first-order valence-electron chi connectivity index (χ1n) is 8.92. The Balaban J connectivity index is 1.99. The minimum atomic E-state index is -1.31. The van der Waals surface area contributed by atoms with Gasteiger partial charge in [0.1, 0.15) is 6.54 Å². The molecule has 0 N–H and O–H groups in total. The van der Waals surface area contributed by atoms with Crippen LogP contribution in [0.1, 0.15) is 49.1 Å². The Bertz CT molecular complexity index is 654. The highest BCUT2D eigenvalue weighted by Crippen LogP contribution is 2.41. The lowest BCUT2D eigenvalue weighted by Crippen LogP contribution is -2.49. The van der Waals surface area contributed by atoms with E-state index in [4.69, 9.17) is 4.52 Å². The second-order valence-corrected chi connectivity index (χ2v) is 8.06. The van der Waals surface area contributed by atoms with Gasteiger partial charge in [0.05, 0.1) is 26.8 Å². The van der Waals surface area contributed by atoms with Crippen molar-refractivity contribution in [1.82, 2.24) is 5.16 Å². The van der Waals surface area contributed by atoms with Gasteiger partial charge in [0, 0.05) is 6.07 Å². The van der Waals surface area contributed by atoms with Gasteiger partial charge in [-0.2, -0.15) is 0 Å². The monoisotopic (exact) mass is 328 g/mol. The molecule has 0 saturated heterocycles. The Labute approximate surface area is 144 Å². The third kappa shape index (κ3) is 3.55. The fourth-order valence-corrected chi connectivity index (χ4v) is 3.82. The Morgan fingerprint density at radius 3 is 2.42 bits per heavy atom. The minimum absolute atomic E-state index is 0.0794. The van der Waals surface area contributed by atoms with Gasteiger partial charge in [-0.3, -0.25) is 0 Å². The smallest absolute Gasteiger partial charge is 0.191 e. The zero-order valence-electron chi connectivity index (χ0n) is 15.0. The van der Waals surface area contributed by atoms with E-state index in [-0.39, 0.29) is 5.92 Å². The van der Waals surface area contributed by atoms with E-state index in [0.717, 1.165) is 48.0 Å². The first-order valence-corrected chi connectivity index (χ1v) is 8.92. The summed E-state index contributed by atoms with van der Waals surface area (Å²) in [6, 6.07) is 11.6. The molecule has 0 aliphatic heterocycles. The zero-order chi connectivity index (χ0) is 17.2. The predicted octanol–water partition coefficient (Wildman–Crippen LogP) is 3.07. The summed E-state index contributed by atoms with van der Waals surface area (Å²) in [6.45, 7) is 0.725. The molecule has 3 rings (SSSR count). The molecule has 1 unspecified atom stereocenters. The summed E-state index contributed by atoms with van der Waals surface area (Å²) in [5.74, 6) is 0.861. The van der Waals surface area contributed by atoms with Crippen molar-refractivity contribution in [3.63, 3.8) is 0 Å². The Morgan fingerprint density at radius 2 is 1.79 bits per heavy atom. The molecule has 4 nitrogen and oxygen atoms in total. The van der Waals surface area contributed by atoms with Crippen molar-refractivity contribution in [2.45, 2.75) is 44.2 Å². The van der Waals surface area contributed by atoms with E-state index in [9.17, 15) is 5.11 Å². The van der Waals surface area contributed by atoms with Gasteiger partial charge in [-0.15, -0.1) is 0 Å². The van der Waals surface area contributed by atoms with Crippen LogP contribution in [0, 0.1) is 5.92 Å². The number of benzene rings is 1. The summed E-state index contributed by atoms with van der Waals surface area (Å²) in [5.41, 5.74) is 0.0416. The van der Waals surface area contributed by atoms with Gasteiger partial charge in [0.25, 0.3) is 0 Å². The highest BCUT2D eigenvalue weighted by molar-refractivity contribution is 5.32. The molecule has 1 atom stereocenters. The van der Waals surface area contributed by atoms with E-state index < -0.39 is 5.60 Å². The Kier molecular flexibility index (Phi) is 4.79. The molecule has 0 bridgehead atoms. The van der Waals surface area contributed by atoms with E-state index >= 15 is 0 Å². The lowest BCUT2D eigenvalue weighted by Gasteiger charge is -2.48. The van der Waals surface area contributed by atoms with Gasteiger partial charge >= 0.3 is 0 Å². The molecule has 1 aromatic heterocycles. The van der Waals surface area contributed by atoms with Crippen LogP contribution in [-0.2, 0) is 12.1 Å². The average molecular weight is 328 g/mol. The van der Waals surface area contributed by atoms with Crippen LogP contribution in [0.3, 0.4) is 0 Å². The Morgan fingerprint density at radius 1 is 1.12 bits per heavy atom. The van der Waals surface area contributed by atoms with Crippen LogP contribution in [-0.4, -0.2) is 30.8 Å². The normalized spacial score (nSPS) is 19.2. The molecule has 1 fully saturated rings. The van der Waals surface area contributed by atoms with Crippen LogP contribution in [0.25, 0.3) is 0 Å². The topological polar surface area (TPSA) is 49.1 Å². The van der Waals surface area contributed by atoms with E-state index in [0.29, 0.717) is 5.69 Å². The van der Waals surface area contributed by atoms with Gasteiger partial charge in [-0.25, -0.2) is 0 Å². The number of quaternary nitrogens is 1. The van der Waals surface area contributed by atoms with Crippen LogP contribution >= 0.6 is 0 Å².